The van der Waals surface area contributed by atoms with Gasteiger partial charge in [0, 0.05) is 57.7 Å². The van der Waals surface area contributed by atoms with E-state index in [-0.39, 0.29) is 59.9 Å². The van der Waals surface area contributed by atoms with Crippen molar-refractivity contribution in [1.82, 2.24) is 14.8 Å². The number of hydrogen-bond donors (Lipinski definition) is 2. The lowest BCUT2D eigenvalue weighted by Gasteiger charge is -2.23. The maximum absolute atomic E-state index is 14.7. The van der Waals surface area contributed by atoms with Crippen molar-refractivity contribution in [2.75, 3.05) is 6.54 Å². The summed E-state index contributed by atoms with van der Waals surface area (Å²) in [5, 5.41) is 16.3. The third-order valence-electron chi connectivity index (χ3n) is 6.85. The van der Waals surface area contributed by atoms with E-state index in [0.717, 1.165) is 12.8 Å². The van der Waals surface area contributed by atoms with Crippen LogP contribution in [0, 0.1) is 5.82 Å². The van der Waals surface area contributed by atoms with Crippen molar-refractivity contribution in [2.45, 2.75) is 64.8 Å². The van der Waals surface area contributed by atoms with Gasteiger partial charge in [-0.2, -0.15) is 0 Å². The molecule has 1 aromatic heterocycles. The Morgan fingerprint density at radius 3 is 2.57 bits per heavy atom. The standard InChI is InChI=1S/C29H30ClFN6O5/c1-16(38)22-13-36(24-10-18(4-7-21(22)24)28(41)34-35-32)15-26(40)37(20-5-6-20)14-25(39)33-12-19-8-17(11-29(2,3)42)9-23(30)27(19)31/h4,7-10,13,20,42H,5-6,11-12,14-15H2,1-3H3,(H,33,39). The summed E-state index contributed by atoms with van der Waals surface area (Å²) >= 11 is 6.04. The molecule has 3 aromatic rings. The fraction of sp³-hybridized carbons (Fsp3) is 0.379. The van der Waals surface area contributed by atoms with E-state index in [9.17, 15) is 28.7 Å². The van der Waals surface area contributed by atoms with Gasteiger partial charge < -0.3 is 19.9 Å². The Morgan fingerprint density at radius 1 is 1.24 bits per heavy atom. The zero-order valence-corrected chi connectivity index (χ0v) is 24.1. The van der Waals surface area contributed by atoms with Gasteiger partial charge >= 0.3 is 0 Å². The van der Waals surface area contributed by atoms with Gasteiger partial charge in [0.25, 0.3) is 0 Å². The van der Waals surface area contributed by atoms with E-state index in [1.807, 2.05) is 0 Å². The molecule has 1 aliphatic carbocycles. The molecule has 2 N–H and O–H groups in total. The van der Waals surface area contributed by atoms with Crippen molar-refractivity contribution in [1.29, 1.82) is 0 Å². The normalized spacial score (nSPS) is 13.0. The highest BCUT2D eigenvalue weighted by Crippen LogP contribution is 2.29. The van der Waals surface area contributed by atoms with Crippen molar-refractivity contribution < 1.29 is 28.7 Å². The van der Waals surface area contributed by atoms with Gasteiger partial charge in [-0.3, -0.25) is 19.2 Å². The molecule has 4 rings (SSSR count). The van der Waals surface area contributed by atoms with E-state index in [1.54, 1.807) is 19.9 Å². The molecule has 1 fully saturated rings. The molecule has 220 valence electrons. The number of rotatable bonds is 11. The summed E-state index contributed by atoms with van der Waals surface area (Å²) in [5.41, 5.74) is 9.20. The van der Waals surface area contributed by atoms with Crippen LogP contribution in [-0.2, 0) is 29.1 Å². The molecule has 2 aromatic carbocycles. The summed E-state index contributed by atoms with van der Waals surface area (Å²) < 4.78 is 16.2. The number of aliphatic hydroxyl groups is 1. The van der Waals surface area contributed by atoms with Crippen LogP contribution in [0.25, 0.3) is 21.3 Å². The number of benzene rings is 2. The van der Waals surface area contributed by atoms with E-state index in [1.165, 1.54) is 46.9 Å². The maximum atomic E-state index is 14.7. The lowest BCUT2D eigenvalue weighted by atomic mass is 9.97. The zero-order valence-electron chi connectivity index (χ0n) is 23.4. The number of nitrogens with one attached hydrogen (secondary N) is 1. The van der Waals surface area contributed by atoms with Gasteiger partial charge in [-0.1, -0.05) is 29.8 Å². The van der Waals surface area contributed by atoms with E-state index in [4.69, 9.17) is 17.1 Å². The minimum atomic E-state index is -1.04. The van der Waals surface area contributed by atoms with Crippen LogP contribution in [0.15, 0.2) is 41.6 Å². The molecular weight excluding hydrogens is 567 g/mol. The van der Waals surface area contributed by atoms with E-state index < -0.39 is 23.2 Å². The van der Waals surface area contributed by atoms with Crippen LogP contribution >= 0.6 is 11.6 Å². The number of amides is 3. The number of nitrogens with zero attached hydrogens (tertiary/aromatic N) is 5. The van der Waals surface area contributed by atoms with Crippen molar-refractivity contribution in [2.24, 2.45) is 5.11 Å². The number of hydrogen-bond acceptors (Lipinski definition) is 5. The van der Waals surface area contributed by atoms with Crippen LogP contribution in [-0.4, -0.2) is 56.3 Å². The first-order valence-electron chi connectivity index (χ1n) is 13.3. The topological polar surface area (TPSA) is 157 Å². The van der Waals surface area contributed by atoms with Crippen molar-refractivity contribution in [3.05, 3.63) is 80.1 Å². The largest absolute Gasteiger partial charge is 0.390 e. The molecule has 1 aliphatic rings. The summed E-state index contributed by atoms with van der Waals surface area (Å²) in [6.07, 6.45) is 3.19. The molecule has 0 saturated heterocycles. The summed E-state index contributed by atoms with van der Waals surface area (Å²) in [6, 6.07) is 7.28. The second-order valence-corrected chi connectivity index (χ2v) is 11.4. The minimum Gasteiger partial charge on any atom is -0.390 e. The molecule has 13 heteroatoms. The molecule has 42 heavy (non-hydrogen) atoms. The summed E-state index contributed by atoms with van der Waals surface area (Å²) in [5.74, 6) is -2.60. The highest BCUT2D eigenvalue weighted by Gasteiger charge is 2.34. The van der Waals surface area contributed by atoms with Gasteiger partial charge in [-0.05, 0) is 62.0 Å². The highest BCUT2D eigenvalue weighted by atomic mass is 35.5. The van der Waals surface area contributed by atoms with Crippen LogP contribution in [0.4, 0.5) is 4.39 Å². The first-order chi connectivity index (χ1) is 19.8. The van der Waals surface area contributed by atoms with Gasteiger partial charge in [0.2, 0.25) is 17.7 Å². The first-order valence-corrected chi connectivity index (χ1v) is 13.6. The smallest absolute Gasteiger partial charge is 0.249 e. The number of Topliss-reactive ketones (excluding diaryl/α,β-unsaturated/α-hetero) is 1. The van der Waals surface area contributed by atoms with Gasteiger partial charge in [0.1, 0.15) is 12.4 Å². The zero-order chi connectivity index (χ0) is 30.8. The predicted molar refractivity (Wildman–Crippen MR) is 153 cm³/mol. The number of carbonyl (C=O) groups excluding carboxylic acids is 4. The Labute approximate surface area is 245 Å². The molecule has 0 unspecified atom stereocenters. The van der Waals surface area contributed by atoms with Crippen molar-refractivity contribution in [3.8, 4) is 0 Å². The Kier molecular flexibility index (Phi) is 9.00. The Balaban J connectivity index is 1.50. The monoisotopic (exact) mass is 596 g/mol. The molecule has 3 amide bonds. The third-order valence-corrected chi connectivity index (χ3v) is 7.12. The maximum Gasteiger partial charge on any atom is 0.249 e. The average molecular weight is 597 g/mol. The molecule has 11 nitrogen and oxygen atoms in total. The molecule has 0 spiro atoms. The Morgan fingerprint density at radius 2 is 1.95 bits per heavy atom. The highest BCUT2D eigenvalue weighted by molar-refractivity contribution is 6.30. The Bertz CT molecular complexity index is 1640. The van der Waals surface area contributed by atoms with Crippen LogP contribution in [0.1, 0.15) is 65.5 Å². The molecule has 1 heterocycles. The first kappa shape index (κ1) is 30.7. The SMILES string of the molecule is CC(=O)c1cn(CC(=O)N(CC(=O)NCc2cc(CC(C)(C)O)cc(Cl)c2F)C2CC2)c2cc(C(=O)N=[N+]=[N-])ccc12. The second-order valence-electron chi connectivity index (χ2n) is 11.0. The van der Waals surface area contributed by atoms with Crippen LogP contribution < -0.4 is 5.32 Å². The van der Waals surface area contributed by atoms with Gasteiger partial charge in [-0.25, -0.2) is 4.39 Å². The lowest BCUT2D eigenvalue weighted by molar-refractivity contribution is -0.137. The molecule has 0 atom stereocenters. The number of azide groups is 1. The summed E-state index contributed by atoms with van der Waals surface area (Å²) in [4.78, 5) is 54.6. The molecular formula is C29H30ClFN6O5. The van der Waals surface area contributed by atoms with E-state index >= 15 is 0 Å². The van der Waals surface area contributed by atoms with Gasteiger partial charge in [0.05, 0.1) is 17.2 Å². The van der Waals surface area contributed by atoms with Gasteiger partial charge in [0.15, 0.2) is 5.78 Å². The summed E-state index contributed by atoms with van der Waals surface area (Å²) in [6.45, 7) is 3.99. The molecule has 0 aliphatic heterocycles. The average Bonchev–Trinajstić information content (AvgIpc) is 3.68. The number of carbonyl (C=O) groups is 4. The number of aromatic nitrogens is 1. The van der Waals surface area contributed by atoms with Crippen LogP contribution in [0.3, 0.4) is 0 Å². The molecule has 1 saturated carbocycles. The second kappa shape index (κ2) is 12.3. The number of fused-ring (bicyclic) bond motifs is 1. The minimum absolute atomic E-state index is 0.0968. The van der Waals surface area contributed by atoms with Crippen molar-refractivity contribution >= 4 is 46.0 Å². The fourth-order valence-electron chi connectivity index (χ4n) is 4.82. The van der Waals surface area contributed by atoms with Crippen molar-refractivity contribution in [3.63, 3.8) is 0 Å². The van der Waals surface area contributed by atoms with Gasteiger partial charge in [-0.15, -0.1) is 0 Å². The van der Waals surface area contributed by atoms with E-state index in [2.05, 4.69) is 15.3 Å². The number of halogens is 2. The number of ketones is 1. The van der Waals surface area contributed by atoms with Crippen LogP contribution in [0.5, 0.6) is 0 Å². The molecule has 0 radical (unpaired) electrons. The fourth-order valence-corrected chi connectivity index (χ4v) is 5.08. The third kappa shape index (κ3) is 7.33. The summed E-state index contributed by atoms with van der Waals surface area (Å²) in [7, 11) is 0. The predicted octanol–water partition coefficient (Wildman–Crippen LogP) is 4.71. The Hall–Kier alpha value is -4.25. The lowest BCUT2D eigenvalue weighted by Crippen LogP contribution is -2.43. The van der Waals surface area contributed by atoms with Crippen LogP contribution in [0.2, 0.25) is 5.02 Å². The van der Waals surface area contributed by atoms with E-state index in [0.29, 0.717) is 22.0 Å². The molecule has 0 bridgehead atoms. The quantitative estimate of drug-likeness (QED) is 0.142.